The Labute approximate surface area is 285 Å². The molecule has 3 aliphatic carbocycles. The van der Waals surface area contributed by atoms with Gasteiger partial charge in [-0.25, -0.2) is 9.97 Å². The van der Waals surface area contributed by atoms with Crippen LogP contribution in [0.4, 0.5) is 16.5 Å². The summed E-state index contributed by atoms with van der Waals surface area (Å²) in [7, 11) is 4.40. The molecule has 0 bridgehead atoms. The smallest absolute Gasteiger partial charge is 0.180 e. The highest BCUT2D eigenvalue weighted by atomic mass is 32.1. The van der Waals surface area contributed by atoms with E-state index in [4.69, 9.17) is 15.7 Å². The van der Waals surface area contributed by atoms with Gasteiger partial charge in [-0.3, -0.25) is 5.41 Å². The Morgan fingerprint density at radius 1 is 1.21 bits per heavy atom. The van der Waals surface area contributed by atoms with Crippen molar-refractivity contribution in [3.05, 3.63) is 51.1 Å². The lowest BCUT2D eigenvalue weighted by molar-refractivity contribution is 0.293. The van der Waals surface area contributed by atoms with Gasteiger partial charge in [-0.05, 0) is 101 Å². The number of aryl methyl sites for hydroxylation is 2. The number of fused-ring (bicyclic) bond motifs is 3. The number of anilines is 3. The number of nitrogens with two attached hydrogens (primary N) is 1. The molecule has 47 heavy (non-hydrogen) atoms. The first-order chi connectivity index (χ1) is 22.6. The monoisotopic (exact) mass is 652 g/mol. The summed E-state index contributed by atoms with van der Waals surface area (Å²) in [6, 6.07) is 2.96. The minimum absolute atomic E-state index is 0.0918. The molecule has 1 saturated heterocycles. The summed E-state index contributed by atoms with van der Waals surface area (Å²) in [5.74, 6) is 4.05. The molecular weight excluding hydrogens is 601 g/mol. The average molecular weight is 653 g/mol. The van der Waals surface area contributed by atoms with Crippen LogP contribution in [-0.4, -0.2) is 52.8 Å². The van der Waals surface area contributed by atoms with Gasteiger partial charge in [-0.1, -0.05) is 45.3 Å². The molecule has 5 aliphatic rings. The molecule has 8 nitrogen and oxygen atoms in total. The molecule has 2 aliphatic heterocycles. The molecule has 0 amide bonds. The molecule has 0 radical (unpaired) electrons. The van der Waals surface area contributed by atoms with Crippen LogP contribution in [0.3, 0.4) is 0 Å². The lowest BCUT2D eigenvalue weighted by atomic mass is 9.78. The fraction of sp³-hybridized carbons (Fsp3) is 0.632. The highest BCUT2D eigenvalue weighted by Crippen LogP contribution is 2.64. The minimum atomic E-state index is 0.0918. The number of nitriles is 1. The quantitative estimate of drug-likeness (QED) is 0.251. The van der Waals surface area contributed by atoms with Gasteiger partial charge < -0.3 is 20.4 Å². The number of hydrogen-bond acceptors (Lipinski definition) is 9. The van der Waals surface area contributed by atoms with Gasteiger partial charge in [0.15, 0.2) is 11.6 Å². The molecule has 0 aromatic carbocycles. The molecule has 7 rings (SSSR count). The molecule has 3 N–H and O–H groups in total. The van der Waals surface area contributed by atoms with Crippen molar-refractivity contribution < 1.29 is 0 Å². The fourth-order valence-electron chi connectivity index (χ4n) is 9.70. The van der Waals surface area contributed by atoms with Crippen LogP contribution in [0.1, 0.15) is 125 Å². The zero-order valence-electron chi connectivity index (χ0n) is 29.1. The highest BCUT2D eigenvalue weighted by Gasteiger charge is 2.63. The molecular formula is C38H52N8S. The third kappa shape index (κ3) is 5.22. The second-order valence-corrected chi connectivity index (χ2v) is 16.2. The van der Waals surface area contributed by atoms with Crippen molar-refractivity contribution in [2.45, 2.75) is 122 Å². The summed E-state index contributed by atoms with van der Waals surface area (Å²) in [4.78, 5) is 19.1. The van der Waals surface area contributed by atoms with Gasteiger partial charge in [0.25, 0.3) is 0 Å². The van der Waals surface area contributed by atoms with E-state index in [1.165, 1.54) is 55.5 Å². The van der Waals surface area contributed by atoms with E-state index in [0.717, 1.165) is 85.0 Å². The zero-order valence-corrected chi connectivity index (χ0v) is 29.9. The Kier molecular flexibility index (Phi) is 8.49. The maximum Gasteiger partial charge on any atom is 0.180 e. The SMILES string of the molecule is C=C1N(C)c2c(CCC3C[C@@H](CC)CN3C)nc(C(=N)/C(CCC)=C(\C)[C@H]3CCCc4sc(N)c(C#N)c43)nc2N1[C@@]12CCCC1C2. The second-order valence-electron chi connectivity index (χ2n) is 15.0. The van der Waals surface area contributed by atoms with E-state index in [0.29, 0.717) is 34.1 Å². The van der Waals surface area contributed by atoms with Gasteiger partial charge >= 0.3 is 0 Å². The Morgan fingerprint density at radius 3 is 2.68 bits per heavy atom. The molecule has 5 atom stereocenters. The third-order valence-electron chi connectivity index (χ3n) is 12.4. The van der Waals surface area contributed by atoms with Crippen molar-refractivity contribution in [3.63, 3.8) is 0 Å². The van der Waals surface area contributed by atoms with Gasteiger partial charge in [-0.2, -0.15) is 5.26 Å². The van der Waals surface area contributed by atoms with Crippen molar-refractivity contribution >= 4 is 33.6 Å². The number of likely N-dealkylation sites (tertiary alicyclic amines) is 1. The van der Waals surface area contributed by atoms with Crippen LogP contribution in [-0.2, 0) is 12.8 Å². The van der Waals surface area contributed by atoms with E-state index in [1.54, 1.807) is 11.3 Å². The Hall–Kier alpha value is -3.22. The van der Waals surface area contributed by atoms with Gasteiger partial charge in [-0.15, -0.1) is 11.3 Å². The van der Waals surface area contributed by atoms with E-state index in [2.05, 4.69) is 62.2 Å². The summed E-state index contributed by atoms with van der Waals surface area (Å²) >= 11 is 1.57. The predicted octanol–water partition coefficient (Wildman–Crippen LogP) is 7.93. The summed E-state index contributed by atoms with van der Waals surface area (Å²) in [6.45, 7) is 12.4. The second kappa shape index (κ2) is 12.3. The molecule has 9 heteroatoms. The fourth-order valence-corrected chi connectivity index (χ4v) is 10.8. The van der Waals surface area contributed by atoms with Crippen molar-refractivity contribution in [2.75, 3.05) is 36.2 Å². The van der Waals surface area contributed by atoms with Gasteiger partial charge in [0.05, 0.1) is 16.8 Å². The Balaban J connectivity index is 1.31. The van der Waals surface area contributed by atoms with E-state index in [9.17, 15) is 10.7 Å². The average Bonchev–Trinajstić information content (AvgIpc) is 3.37. The largest absolute Gasteiger partial charge is 0.389 e. The van der Waals surface area contributed by atoms with Crippen LogP contribution >= 0.6 is 11.3 Å². The Bertz CT molecular complexity index is 1680. The van der Waals surface area contributed by atoms with Crippen LogP contribution in [0.25, 0.3) is 0 Å². The summed E-state index contributed by atoms with van der Waals surface area (Å²) in [5, 5.41) is 20.4. The summed E-state index contributed by atoms with van der Waals surface area (Å²) < 4.78 is 0. The zero-order chi connectivity index (χ0) is 33.2. The van der Waals surface area contributed by atoms with Crippen LogP contribution in [0.5, 0.6) is 0 Å². The van der Waals surface area contributed by atoms with Crippen LogP contribution < -0.4 is 15.5 Å². The standard InChI is InChI=1S/C38H52N8S/c1-7-11-28(22(3)27-13-9-14-31-32(27)29(20-39)35(41)47-31)33(40)36-42-30(16-15-26-18-24(8-2)21-44(26)5)34-37(43-36)46(23(4)45(34)6)38-17-10-12-25(38)19-38/h24-27,40H,4,7-19,21,41H2,1-3,5-6H3/b28-22+,40-33?/t24-,25?,26?,27-,38-/m1/s1. The molecule has 2 saturated carbocycles. The summed E-state index contributed by atoms with van der Waals surface area (Å²) in [6.07, 6.45) is 14.0. The number of nitrogens with one attached hydrogen (secondary N) is 1. The topological polar surface area (TPSA) is 109 Å². The van der Waals surface area contributed by atoms with Gasteiger partial charge in [0.1, 0.15) is 28.3 Å². The number of nitrogens with zero attached hydrogens (tertiary/aromatic N) is 6. The van der Waals surface area contributed by atoms with Crippen molar-refractivity contribution in [2.24, 2.45) is 11.8 Å². The molecule has 2 aromatic heterocycles. The van der Waals surface area contributed by atoms with E-state index < -0.39 is 0 Å². The molecule has 250 valence electrons. The predicted molar refractivity (Wildman–Crippen MR) is 193 cm³/mol. The first kappa shape index (κ1) is 32.3. The molecule has 2 aromatic rings. The Morgan fingerprint density at radius 2 is 2.02 bits per heavy atom. The van der Waals surface area contributed by atoms with Crippen LogP contribution in [0.15, 0.2) is 23.5 Å². The highest BCUT2D eigenvalue weighted by molar-refractivity contribution is 7.16. The molecule has 2 unspecified atom stereocenters. The molecule has 0 spiro atoms. The van der Waals surface area contributed by atoms with E-state index in [1.807, 2.05) is 0 Å². The van der Waals surface area contributed by atoms with Crippen molar-refractivity contribution in [3.8, 4) is 6.07 Å². The maximum absolute atomic E-state index is 10.0. The number of hydrogen-bond donors (Lipinski definition) is 2. The number of rotatable bonds is 10. The molecule has 4 heterocycles. The number of aromatic nitrogens is 2. The van der Waals surface area contributed by atoms with Crippen LogP contribution in [0.2, 0.25) is 0 Å². The van der Waals surface area contributed by atoms with Crippen LogP contribution in [0, 0.1) is 28.6 Å². The lowest BCUT2D eigenvalue weighted by Gasteiger charge is -2.30. The van der Waals surface area contributed by atoms with Gasteiger partial charge in [0.2, 0.25) is 0 Å². The first-order valence-corrected chi connectivity index (χ1v) is 18.9. The van der Waals surface area contributed by atoms with E-state index in [-0.39, 0.29) is 11.5 Å². The number of thiophene rings is 1. The maximum atomic E-state index is 10.0. The normalized spacial score (nSPS) is 28.6. The van der Waals surface area contributed by atoms with Gasteiger partial charge in [0, 0.05) is 30.4 Å². The number of allylic oxidation sites excluding steroid dienone is 2. The number of nitrogen functional groups attached to an aromatic ring is 1. The van der Waals surface area contributed by atoms with Crippen molar-refractivity contribution in [1.29, 1.82) is 10.7 Å². The summed E-state index contributed by atoms with van der Waals surface area (Å²) in [5.41, 5.74) is 13.0. The first-order valence-electron chi connectivity index (χ1n) is 18.1. The lowest BCUT2D eigenvalue weighted by Crippen LogP contribution is -2.37. The van der Waals surface area contributed by atoms with E-state index >= 15 is 0 Å². The minimum Gasteiger partial charge on any atom is -0.389 e. The van der Waals surface area contributed by atoms with Crippen molar-refractivity contribution in [1.82, 2.24) is 14.9 Å². The molecule has 3 fully saturated rings. The third-order valence-corrected chi connectivity index (χ3v) is 13.5.